The molecule has 2 aliphatic heterocycles. The van der Waals surface area contributed by atoms with Gasteiger partial charge < -0.3 is 9.80 Å². The second kappa shape index (κ2) is 11.7. The predicted molar refractivity (Wildman–Crippen MR) is 144 cm³/mol. The van der Waals surface area contributed by atoms with Crippen LogP contribution in [0.15, 0.2) is 91.0 Å². The minimum atomic E-state index is 0.172. The molecule has 3 heteroatoms. The van der Waals surface area contributed by atoms with Gasteiger partial charge in [0.2, 0.25) is 0 Å². The first kappa shape index (κ1) is 23.8. The molecule has 2 unspecified atom stereocenters. The van der Waals surface area contributed by atoms with Crippen molar-refractivity contribution in [2.45, 2.75) is 38.0 Å². The quantitative estimate of drug-likeness (QED) is 0.390. The van der Waals surface area contributed by atoms with E-state index < -0.39 is 0 Å². The summed E-state index contributed by atoms with van der Waals surface area (Å²) in [6, 6.07) is 31.5. The van der Waals surface area contributed by atoms with Crippen molar-refractivity contribution in [3.8, 4) is 0 Å². The number of hydrogen-bond donors (Lipinski definition) is 0. The molecule has 3 aromatic rings. The molecular formula is C32H38N2O. The number of aryl methyl sites for hydroxylation is 1. The van der Waals surface area contributed by atoms with Gasteiger partial charge in [-0.25, -0.2) is 0 Å². The number of hydrogen-bond acceptors (Lipinski definition) is 2. The Balaban J connectivity index is 1.16. The molecule has 2 heterocycles. The minimum Gasteiger partial charge on any atom is -0.338 e. The molecule has 0 aliphatic carbocycles. The molecule has 0 bridgehead atoms. The van der Waals surface area contributed by atoms with Crippen LogP contribution in [0.4, 0.5) is 0 Å². The van der Waals surface area contributed by atoms with Crippen LogP contribution in [0.25, 0.3) is 0 Å². The van der Waals surface area contributed by atoms with Crippen molar-refractivity contribution in [2.75, 3.05) is 32.7 Å². The third kappa shape index (κ3) is 6.21. The molecule has 0 saturated carbocycles. The number of benzene rings is 3. The highest BCUT2D eigenvalue weighted by atomic mass is 16.2. The van der Waals surface area contributed by atoms with E-state index >= 15 is 0 Å². The van der Waals surface area contributed by atoms with Crippen LogP contribution >= 0.6 is 0 Å². The fourth-order valence-corrected chi connectivity index (χ4v) is 6.09. The summed E-state index contributed by atoms with van der Waals surface area (Å²) in [6.45, 7) is 5.15. The Labute approximate surface area is 210 Å². The van der Waals surface area contributed by atoms with Crippen LogP contribution in [0.5, 0.6) is 0 Å². The van der Waals surface area contributed by atoms with Crippen LogP contribution in [0.1, 0.15) is 53.1 Å². The molecule has 0 N–H and O–H groups in total. The SMILES string of the molecule is O=C(c1ccccc1)N1CC(CN2CCC(CCCc3ccccc3)CC2)C(c2ccccc2)C1. The summed E-state index contributed by atoms with van der Waals surface area (Å²) in [7, 11) is 0. The summed E-state index contributed by atoms with van der Waals surface area (Å²) in [5, 5.41) is 0. The van der Waals surface area contributed by atoms with E-state index in [2.05, 4.69) is 70.5 Å². The topological polar surface area (TPSA) is 23.6 Å². The summed E-state index contributed by atoms with van der Waals surface area (Å²) in [5.41, 5.74) is 3.64. The van der Waals surface area contributed by atoms with Crippen LogP contribution in [-0.2, 0) is 6.42 Å². The molecule has 2 fully saturated rings. The highest BCUT2D eigenvalue weighted by molar-refractivity contribution is 5.94. The number of likely N-dealkylation sites (tertiary alicyclic amines) is 2. The molecule has 0 spiro atoms. The van der Waals surface area contributed by atoms with Gasteiger partial charge in [-0.1, -0.05) is 85.3 Å². The molecule has 3 aromatic carbocycles. The molecule has 2 saturated heterocycles. The minimum absolute atomic E-state index is 0.172. The molecule has 3 nitrogen and oxygen atoms in total. The van der Waals surface area contributed by atoms with Crippen molar-refractivity contribution in [1.82, 2.24) is 9.80 Å². The summed E-state index contributed by atoms with van der Waals surface area (Å²) < 4.78 is 0. The molecule has 2 atom stereocenters. The van der Waals surface area contributed by atoms with Gasteiger partial charge in [-0.15, -0.1) is 0 Å². The highest BCUT2D eigenvalue weighted by Crippen LogP contribution is 2.35. The van der Waals surface area contributed by atoms with E-state index in [9.17, 15) is 4.79 Å². The zero-order valence-electron chi connectivity index (χ0n) is 20.8. The number of amides is 1. The lowest BCUT2D eigenvalue weighted by Crippen LogP contribution is -2.39. The third-order valence-corrected chi connectivity index (χ3v) is 8.10. The van der Waals surface area contributed by atoms with Crippen LogP contribution in [0.3, 0.4) is 0 Å². The maximum absolute atomic E-state index is 13.2. The molecule has 35 heavy (non-hydrogen) atoms. The van der Waals surface area contributed by atoms with Crippen molar-refractivity contribution in [1.29, 1.82) is 0 Å². The van der Waals surface area contributed by atoms with Gasteiger partial charge in [-0.05, 0) is 73.9 Å². The Kier molecular flexibility index (Phi) is 7.95. The van der Waals surface area contributed by atoms with E-state index in [4.69, 9.17) is 0 Å². The molecule has 0 aromatic heterocycles. The number of rotatable bonds is 8. The van der Waals surface area contributed by atoms with Gasteiger partial charge in [0.1, 0.15) is 0 Å². The monoisotopic (exact) mass is 466 g/mol. The molecule has 182 valence electrons. The number of carbonyl (C=O) groups is 1. The fourth-order valence-electron chi connectivity index (χ4n) is 6.09. The summed E-state index contributed by atoms with van der Waals surface area (Å²) in [5.74, 6) is 1.93. The maximum Gasteiger partial charge on any atom is 0.253 e. The van der Waals surface area contributed by atoms with E-state index in [1.165, 1.54) is 56.3 Å². The lowest BCUT2D eigenvalue weighted by atomic mass is 9.87. The van der Waals surface area contributed by atoms with Crippen LogP contribution in [0, 0.1) is 11.8 Å². The second-order valence-electron chi connectivity index (χ2n) is 10.5. The van der Waals surface area contributed by atoms with Gasteiger partial charge in [-0.3, -0.25) is 4.79 Å². The molecule has 5 rings (SSSR count). The van der Waals surface area contributed by atoms with Gasteiger partial charge in [-0.2, -0.15) is 0 Å². The lowest BCUT2D eigenvalue weighted by molar-refractivity contribution is 0.0780. The van der Waals surface area contributed by atoms with E-state index in [-0.39, 0.29) is 5.91 Å². The first-order chi connectivity index (χ1) is 17.3. The highest BCUT2D eigenvalue weighted by Gasteiger charge is 2.37. The molecule has 0 radical (unpaired) electrons. The van der Waals surface area contributed by atoms with E-state index in [0.717, 1.165) is 31.1 Å². The van der Waals surface area contributed by atoms with Crippen molar-refractivity contribution in [3.05, 3.63) is 108 Å². The Morgan fingerprint density at radius 2 is 1.40 bits per heavy atom. The van der Waals surface area contributed by atoms with Crippen molar-refractivity contribution < 1.29 is 4.79 Å². The van der Waals surface area contributed by atoms with Gasteiger partial charge in [0.25, 0.3) is 5.91 Å². The maximum atomic E-state index is 13.2. The standard InChI is InChI=1S/C32H38N2O/c35-32(29-17-8-3-9-18-29)34-24-30(31(25-34)28-15-6-2-7-16-28)23-33-21-19-27(20-22-33)14-10-13-26-11-4-1-5-12-26/h1-9,11-12,15-18,27,30-31H,10,13-14,19-25H2. The second-order valence-corrected chi connectivity index (χ2v) is 10.5. The Hall–Kier alpha value is -2.91. The summed E-state index contributed by atoms with van der Waals surface area (Å²) >= 11 is 0. The average Bonchev–Trinajstić information content (AvgIpc) is 3.34. The Morgan fingerprint density at radius 1 is 0.771 bits per heavy atom. The van der Waals surface area contributed by atoms with Crippen molar-refractivity contribution in [3.63, 3.8) is 0 Å². The Bertz CT molecular complexity index is 1040. The van der Waals surface area contributed by atoms with Crippen LogP contribution < -0.4 is 0 Å². The number of piperidine rings is 1. The normalized spacial score (nSPS) is 21.3. The zero-order chi connectivity index (χ0) is 23.9. The zero-order valence-corrected chi connectivity index (χ0v) is 20.8. The van der Waals surface area contributed by atoms with Gasteiger partial charge >= 0.3 is 0 Å². The molecule has 2 aliphatic rings. The average molecular weight is 467 g/mol. The van der Waals surface area contributed by atoms with Gasteiger partial charge in [0.05, 0.1) is 0 Å². The smallest absolute Gasteiger partial charge is 0.253 e. The summed E-state index contributed by atoms with van der Waals surface area (Å²) in [6.07, 6.45) is 6.46. The van der Waals surface area contributed by atoms with Crippen LogP contribution in [-0.4, -0.2) is 48.4 Å². The van der Waals surface area contributed by atoms with Crippen LogP contribution in [0.2, 0.25) is 0 Å². The number of nitrogens with zero attached hydrogens (tertiary/aromatic N) is 2. The fraction of sp³-hybridized carbons (Fsp3) is 0.406. The summed E-state index contributed by atoms with van der Waals surface area (Å²) in [4.78, 5) is 18.0. The lowest BCUT2D eigenvalue weighted by Gasteiger charge is -2.34. The Morgan fingerprint density at radius 3 is 2.09 bits per heavy atom. The third-order valence-electron chi connectivity index (χ3n) is 8.10. The van der Waals surface area contributed by atoms with E-state index in [0.29, 0.717) is 11.8 Å². The first-order valence-electron chi connectivity index (χ1n) is 13.4. The predicted octanol–water partition coefficient (Wildman–Crippen LogP) is 6.28. The van der Waals surface area contributed by atoms with E-state index in [1.807, 2.05) is 30.3 Å². The van der Waals surface area contributed by atoms with Gasteiger partial charge in [0.15, 0.2) is 0 Å². The first-order valence-corrected chi connectivity index (χ1v) is 13.4. The molecule has 1 amide bonds. The van der Waals surface area contributed by atoms with Crippen molar-refractivity contribution >= 4 is 5.91 Å². The van der Waals surface area contributed by atoms with E-state index in [1.54, 1.807) is 0 Å². The largest absolute Gasteiger partial charge is 0.338 e. The number of carbonyl (C=O) groups excluding carboxylic acids is 1. The van der Waals surface area contributed by atoms with Crippen molar-refractivity contribution in [2.24, 2.45) is 11.8 Å². The molecular weight excluding hydrogens is 428 g/mol. The van der Waals surface area contributed by atoms with Gasteiger partial charge in [0, 0.05) is 31.1 Å².